The Kier molecular flexibility index (Phi) is 5.97. The van der Waals surface area contributed by atoms with E-state index in [9.17, 15) is 0 Å². The van der Waals surface area contributed by atoms with Crippen LogP contribution in [0.15, 0.2) is 54.6 Å². The molecule has 1 aliphatic rings. The molecule has 0 saturated carbocycles. The molecule has 1 atom stereocenters. The van der Waals surface area contributed by atoms with E-state index < -0.39 is 0 Å². The highest BCUT2D eigenvalue weighted by molar-refractivity contribution is 5.31. The van der Waals surface area contributed by atoms with Crippen molar-refractivity contribution in [3.8, 4) is 6.07 Å². The summed E-state index contributed by atoms with van der Waals surface area (Å²) in [5.74, 6) is 0. The van der Waals surface area contributed by atoms with Crippen molar-refractivity contribution in [2.45, 2.75) is 19.2 Å². The maximum absolute atomic E-state index is 8.82. The Morgan fingerprint density at radius 3 is 2.62 bits per heavy atom. The van der Waals surface area contributed by atoms with Gasteiger partial charge in [-0.05, 0) is 23.3 Å². The number of hydrogen-bond acceptors (Lipinski definition) is 4. The molecule has 0 bridgehead atoms. The topological polar surface area (TPSA) is 48.3 Å². The Morgan fingerprint density at radius 2 is 1.88 bits per heavy atom. The quantitative estimate of drug-likeness (QED) is 0.888. The zero-order valence-electron chi connectivity index (χ0n) is 13.8. The van der Waals surface area contributed by atoms with Crippen molar-refractivity contribution in [3.05, 3.63) is 71.3 Å². The number of ether oxygens (including phenoxy) is 1. The first-order chi connectivity index (χ1) is 11.8. The van der Waals surface area contributed by atoms with E-state index in [4.69, 9.17) is 10.00 Å². The van der Waals surface area contributed by atoms with Crippen LogP contribution >= 0.6 is 0 Å². The fraction of sp³-hybridized carbons (Fsp3) is 0.350. The van der Waals surface area contributed by atoms with Gasteiger partial charge in [-0.15, -0.1) is 0 Å². The summed E-state index contributed by atoms with van der Waals surface area (Å²) in [5, 5.41) is 12.3. The Labute approximate surface area is 143 Å². The van der Waals surface area contributed by atoms with E-state index in [1.54, 1.807) is 0 Å². The second-order valence-corrected chi connectivity index (χ2v) is 6.15. The van der Waals surface area contributed by atoms with Gasteiger partial charge in [0.2, 0.25) is 0 Å². The fourth-order valence-corrected chi connectivity index (χ4v) is 2.96. The normalized spacial score (nSPS) is 18.2. The van der Waals surface area contributed by atoms with E-state index >= 15 is 0 Å². The Morgan fingerprint density at radius 1 is 1.08 bits per heavy atom. The first-order valence-corrected chi connectivity index (χ1v) is 8.41. The van der Waals surface area contributed by atoms with Gasteiger partial charge in [-0.2, -0.15) is 5.26 Å². The second-order valence-electron chi connectivity index (χ2n) is 6.15. The van der Waals surface area contributed by atoms with Crippen LogP contribution < -0.4 is 5.32 Å². The van der Waals surface area contributed by atoms with Gasteiger partial charge in [0.05, 0.1) is 24.3 Å². The first-order valence-electron chi connectivity index (χ1n) is 8.41. The van der Waals surface area contributed by atoms with Crippen molar-refractivity contribution >= 4 is 0 Å². The van der Waals surface area contributed by atoms with Gasteiger partial charge in [0.15, 0.2) is 0 Å². The number of nitrogens with one attached hydrogen (secondary N) is 1. The smallest absolute Gasteiger partial charge is 0.0991 e. The Bertz CT molecular complexity index is 664. The highest BCUT2D eigenvalue weighted by Gasteiger charge is 2.20. The Hall–Kier alpha value is -2.19. The van der Waals surface area contributed by atoms with Gasteiger partial charge in [0.25, 0.3) is 0 Å². The lowest BCUT2D eigenvalue weighted by molar-refractivity contribution is -0.0300. The van der Waals surface area contributed by atoms with Crippen molar-refractivity contribution in [1.29, 1.82) is 5.26 Å². The SMILES string of the molecule is N#Cc1ccc(CNC[C@H]2CN(Cc3ccccc3)CCO2)cc1. The molecule has 2 aromatic carbocycles. The summed E-state index contributed by atoms with van der Waals surface area (Å²) in [6.45, 7) is 5.35. The third-order valence-corrected chi connectivity index (χ3v) is 4.26. The number of nitrogens with zero attached hydrogens (tertiary/aromatic N) is 2. The molecule has 1 N–H and O–H groups in total. The molecule has 24 heavy (non-hydrogen) atoms. The van der Waals surface area contributed by atoms with Gasteiger partial charge < -0.3 is 10.1 Å². The van der Waals surface area contributed by atoms with Crippen LogP contribution in [-0.2, 0) is 17.8 Å². The third kappa shape index (κ3) is 4.90. The summed E-state index contributed by atoms with van der Waals surface area (Å²) < 4.78 is 5.87. The maximum Gasteiger partial charge on any atom is 0.0991 e. The van der Waals surface area contributed by atoms with Crippen LogP contribution in [0.5, 0.6) is 0 Å². The lowest BCUT2D eigenvalue weighted by Gasteiger charge is -2.33. The van der Waals surface area contributed by atoms with Crippen LogP contribution in [0.4, 0.5) is 0 Å². The summed E-state index contributed by atoms with van der Waals surface area (Å²) in [6, 6.07) is 20.4. The zero-order chi connectivity index (χ0) is 16.6. The monoisotopic (exact) mass is 321 g/mol. The highest BCUT2D eigenvalue weighted by atomic mass is 16.5. The molecular formula is C20H23N3O. The molecule has 0 aromatic heterocycles. The molecule has 0 aliphatic carbocycles. The predicted molar refractivity (Wildman–Crippen MR) is 94.3 cm³/mol. The van der Waals surface area contributed by atoms with Gasteiger partial charge in [-0.25, -0.2) is 0 Å². The van der Waals surface area contributed by atoms with Crippen LogP contribution in [0.3, 0.4) is 0 Å². The van der Waals surface area contributed by atoms with Crippen molar-refractivity contribution in [1.82, 2.24) is 10.2 Å². The molecule has 0 spiro atoms. The van der Waals surface area contributed by atoms with E-state index in [1.165, 1.54) is 11.1 Å². The van der Waals surface area contributed by atoms with Crippen molar-refractivity contribution in [3.63, 3.8) is 0 Å². The average Bonchev–Trinajstić information content (AvgIpc) is 2.63. The van der Waals surface area contributed by atoms with Crippen molar-refractivity contribution < 1.29 is 4.74 Å². The molecule has 124 valence electrons. The number of benzene rings is 2. The molecule has 1 heterocycles. The predicted octanol–water partition coefficient (Wildman–Crippen LogP) is 2.55. The second kappa shape index (κ2) is 8.60. The average molecular weight is 321 g/mol. The van der Waals surface area contributed by atoms with Crippen LogP contribution in [0.25, 0.3) is 0 Å². The number of hydrogen-bond donors (Lipinski definition) is 1. The summed E-state index contributed by atoms with van der Waals surface area (Å²) in [7, 11) is 0. The van der Waals surface area contributed by atoms with Gasteiger partial charge in [0.1, 0.15) is 0 Å². The molecule has 1 aliphatic heterocycles. The zero-order valence-corrected chi connectivity index (χ0v) is 13.8. The molecule has 4 nitrogen and oxygen atoms in total. The van der Waals surface area contributed by atoms with Gasteiger partial charge in [-0.1, -0.05) is 42.5 Å². The van der Waals surface area contributed by atoms with E-state index in [2.05, 4.69) is 46.6 Å². The molecule has 0 radical (unpaired) electrons. The molecule has 3 rings (SSSR count). The lowest BCUT2D eigenvalue weighted by Crippen LogP contribution is -2.46. The van der Waals surface area contributed by atoms with E-state index in [0.29, 0.717) is 5.56 Å². The van der Waals surface area contributed by atoms with Crippen LogP contribution in [0.2, 0.25) is 0 Å². The summed E-state index contributed by atoms with van der Waals surface area (Å²) in [5.41, 5.74) is 3.24. The molecule has 1 saturated heterocycles. The van der Waals surface area contributed by atoms with E-state index in [0.717, 1.165) is 39.3 Å². The minimum Gasteiger partial charge on any atom is -0.374 e. The molecule has 2 aromatic rings. The van der Waals surface area contributed by atoms with Gasteiger partial charge in [-0.3, -0.25) is 4.90 Å². The van der Waals surface area contributed by atoms with E-state index in [-0.39, 0.29) is 6.10 Å². The van der Waals surface area contributed by atoms with Crippen molar-refractivity contribution in [2.75, 3.05) is 26.2 Å². The fourth-order valence-electron chi connectivity index (χ4n) is 2.96. The number of nitriles is 1. The molecular weight excluding hydrogens is 298 g/mol. The van der Waals surface area contributed by atoms with Crippen LogP contribution in [-0.4, -0.2) is 37.2 Å². The number of rotatable bonds is 6. The standard InChI is InChI=1S/C20H23N3O/c21-12-17-6-8-18(9-7-17)13-22-14-20-16-23(10-11-24-20)15-19-4-2-1-3-5-19/h1-9,20,22H,10-11,13-16H2/t20-/m0/s1. The minimum absolute atomic E-state index is 0.223. The molecule has 0 unspecified atom stereocenters. The molecule has 0 amide bonds. The van der Waals surface area contributed by atoms with Crippen molar-refractivity contribution in [2.24, 2.45) is 0 Å². The number of morpholine rings is 1. The summed E-state index contributed by atoms with van der Waals surface area (Å²) in [4.78, 5) is 2.45. The molecule has 1 fully saturated rings. The summed E-state index contributed by atoms with van der Waals surface area (Å²) in [6.07, 6.45) is 0.223. The highest BCUT2D eigenvalue weighted by Crippen LogP contribution is 2.10. The largest absolute Gasteiger partial charge is 0.374 e. The maximum atomic E-state index is 8.82. The van der Waals surface area contributed by atoms with Gasteiger partial charge >= 0.3 is 0 Å². The van der Waals surface area contributed by atoms with Crippen LogP contribution in [0.1, 0.15) is 16.7 Å². The molecule has 4 heteroatoms. The Balaban J connectivity index is 1.42. The van der Waals surface area contributed by atoms with Crippen LogP contribution in [0, 0.1) is 11.3 Å². The minimum atomic E-state index is 0.223. The van der Waals surface area contributed by atoms with E-state index in [1.807, 2.05) is 24.3 Å². The summed E-state index contributed by atoms with van der Waals surface area (Å²) >= 11 is 0. The third-order valence-electron chi connectivity index (χ3n) is 4.26. The lowest BCUT2D eigenvalue weighted by atomic mass is 10.1. The first kappa shape index (κ1) is 16.7. The van der Waals surface area contributed by atoms with Gasteiger partial charge in [0, 0.05) is 32.7 Å².